The van der Waals surface area contributed by atoms with Crippen LogP contribution in [0.4, 0.5) is 11.5 Å². The summed E-state index contributed by atoms with van der Waals surface area (Å²) in [6, 6.07) is 15.8. The van der Waals surface area contributed by atoms with Gasteiger partial charge in [-0.1, -0.05) is 36.3 Å². The quantitative estimate of drug-likeness (QED) is 0.351. The number of hydrogen-bond donors (Lipinski definition) is 0. The van der Waals surface area contributed by atoms with Crippen LogP contribution in [0.5, 0.6) is 6.01 Å². The number of carbonyl (C=O) groups is 1. The van der Waals surface area contributed by atoms with Crippen LogP contribution >= 0.6 is 0 Å². The van der Waals surface area contributed by atoms with E-state index >= 15 is 0 Å². The number of aromatic nitrogens is 2. The zero-order chi connectivity index (χ0) is 33.7. The molecule has 3 fully saturated rings. The number of hydrogen-bond acceptors (Lipinski definition) is 10. The fourth-order valence-corrected chi connectivity index (χ4v) is 7.70. The number of anilines is 2. The summed E-state index contributed by atoms with van der Waals surface area (Å²) in [5.41, 5.74) is 4.57. The van der Waals surface area contributed by atoms with Crippen LogP contribution in [-0.2, 0) is 22.5 Å². The van der Waals surface area contributed by atoms with Crippen molar-refractivity contribution in [3.63, 3.8) is 0 Å². The topological polar surface area (TPSA) is 101 Å². The number of likely N-dealkylation sites (tertiary alicyclic amines) is 1. The van der Waals surface area contributed by atoms with E-state index in [-0.39, 0.29) is 18.4 Å². The zero-order valence-electron chi connectivity index (χ0n) is 28.7. The van der Waals surface area contributed by atoms with Crippen LogP contribution in [-0.4, -0.2) is 122 Å². The third-order valence-corrected chi connectivity index (χ3v) is 10.5. The predicted octanol–water partition coefficient (Wildman–Crippen LogP) is 3.24. The van der Waals surface area contributed by atoms with E-state index in [0.29, 0.717) is 64.6 Å². The lowest BCUT2D eigenvalue weighted by Crippen LogP contribution is -2.55. The Kier molecular flexibility index (Phi) is 10.1. The van der Waals surface area contributed by atoms with Crippen molar-refractivity contribution in [1.82, 2.24) is 24.7 Å². The summed E-state index contributed by atoms with van der Waals surface area (Å²) in [6.07, 6.45) is 3.28. The molecule has 2 aromatic carbocycles. The molecule has 2 atom stereocenters. The van der Waals surface area contributed by atoms with Crippen LogP contribution in [0.3, 0.4) is 0 Å². The van der Waals surface area contributed by atoms with E-state index in [0.717, 1.165) is 56.1 Å². The van der Waals surface area contributed by atoms with Crippen molar-refractivity contribution >= 4 is 28.2 Å². The number of nitriles is 1. The summed E-state index contributed by atoms with van der Waals surface area (Å²) in [5, 5.41) is 12.3. The molecule has 0 bridgehead atoms. The van der Waals surface area contributed by atoms with E-state index in [9.17, 15) is 10.1 Å². The Morgan fingerprint density at radius 1 is 1.02 bits per heavy atom. The van der Waals surface area contributed by atoms with Crippen LogP contribution in [0.1, 0.15) is 36.1 Å². The molecule has 1 amide bonds. The maximum Gasteiger partial charge on any atom is 0.318 e. The molecule has 0 N–H and O–H groups in total. The van der Waals surface area contributed by atoms with Gasteiger partial charge >= 0.3 is 6.01 Å². The van der Waals surface area contributed by atoms with Crippen molar-refractivity contribution in [2.75, 3.05) is 89.0 Å². The Morgan fingerprint density at radius 3 is 2.65 bits per heavy atom. The van der Waals surface area contributed by atoms with Gasteiger partial charge in [0.2, 0.25) is 0 Å². The highest BCUT2D eigenvalue weighted by atomic mass is 16.5. The van der Waals surface area contributed by atoms with E-state index < -0.39 is 0 Å². The molecule has 3 aromatic rings. The van der Waals surface area contributed by atoms with Gasteiger partial charge in [-0.05, 0) is 62.7 Å². The summed E-state index contributed by atoms with van der Waals surface area (Å²) in [6.45, 7) is 10.4. The number of nitrogens with zero attached hydrogens (tertiary/aromatic N) is 8. The maximum atomic E-state index is 13.3. The smallest absolute Gasteiger partial charge is 0.318 e. The third kappa shape index (κ3) is 7.30. The highest BCUT2D eigenvalue weighted by Crippen LogP contribution is 2.36. The largest absolute Gasteiger partial charge is 0.462 e. The summed E-state index contributed by atoms with van der Waals surface area (Å²) >= 11 is 0. The number of carbonyl (C=O) groups excluding carboxylic acids is 1. The highest BCUT2D eigenvalue weighted by molar-refractivity contribution is 5.97. The maximum absolute atomic E-state index is 13.3. The Morgan fingerprint density at radius 2 is 1.86 bits per heavy atom. The first kappa shape index (κ1) is 33.1. The molecule has 0 spiro atoms. The Hall–Kier alpha value is -4.42. The molecule has 4 aliphatic heterocycles. The van der Waals surface area contributed by atoms with Gasteiger partial charge in [-0.15, -0.1) is 0 Å². The van der Waals surface area contributed by atoms with Gasteiger partial charge in [0.25, 0.3) is 5.91 Å². The first-order chi connectivity index (χ1) is 24.0. The van der Waals surface area contributed by atoms with Gasteiger partial charge in [-0.25, -0.2) is 0 Å². The average Bonchev–Trinajstić information content (AvgIpc) is 3.54. The third-order valence-electron chi connectivity index (χ3n) is 10.5. The van der Waals surface area contributed by atoms with Crippen molar-refractivity contribution in [2.45, 2.75) is 51.2 Å². The molecule has 0 radical (unpaired) electrons. The second-order valence-corrected chi connectivity index (χ2v) is 13.6. The summed E-state index contributed by atoms with van der Waals surface area (Å²) in [5.74, 6) is 6.57. The molecule has 11 nitrogen and oxygen atoms in total. The van der Waals surface area contributed by atoms with Crippen molar-refractivity contribution in [2.24, 2.45) is 0 Å². The van der Waals surface area contributed by atoms with Crippen molar-refractivity contribution in [3.05, 3.63) is 53.2 Å². The van der Waals surface area contributed by atoms with Gasteiger partial charge in [-0.3, -0.25) is 9.69 Å². The lowest BCUT2D eigenvalue weighted by molar-refractivity contribution is -0.127. The molecule has 5 heterocycles. The molecular weight excluding hydrogens is 616 g/mol. The number of ether oxygens (including phenoxy) is 2. The first-order valence-electron chi connectivity index (χ1n) is 17.7. The SMILES string of the molecule is Cc1cccc2cccc(N3CCc4c(nc(OC[C@@H]5CCCN5C)nc4N4CCN(C(=O)C#CCN5CCOCC5)[C@@H](CC#N)C4)C3)c12. The molecular formula is C38H46N8O3. The lowest BCUT2D eigenvalue weighted by Gasteiger charge is -2.42. The minimum Gasteiger partial charge on any atom is -0.462 e. The molecule has 0 saturated carbocycles. The number of aryl methyl sites for hydroxylation is 1. The van der Waals surface area contributed by atoms with Gasteiger partial charge in [0, 0.05) is 61.9 Å². The van der Waals surface area contributed by atoms with E-state index in [4.69, 9.17) is 19.4 Å². The van der Waals surface area contributed by atoms with Crippen LogP contribution in [0.25, 0.3) is 10.8 Å². The van der Waals surface area contributed by atoms with Gasteiger partial charge in [-0.2, -0.15) is 15.2 Å². The van der Waals surface area contributed by atoms with Crippen LogP contribution < -0.4 is 14.5 Å². The molecule has 4 aliphatic rings. The Balaban J connectivity index is 1.14. The minimum absolute atomic E-state index is 0.219. The lowest BCUT2D eigenvalue weighted by atomic mass is 9.99. The number of amides is 1. The molecule has 3 saturated heterocycles. The predicted molar refractivity (Wildman–Crippen MR) is 190 cm³/mol. The molecule has 0 aliphatic carbocycles. The molecule has 1 aromatic heterocycles. The molecule has 7 rings (SSSR count). The van der Waals surface area contributed by atoms with Crippen LogP contribution in [0.15, 0.2) is 36.4 Å². The fraction of sp³-hybridized carbons (Fsp3) is 0.526. The highest BCUT2D eigenvalue weighted by Gasteiger charge is 2.34. The van der Waals surface area contributed by atoms with E-state index in [2.05, 4.69) is 87.9 Å². The number of benzene rings is 2. The molecule has 256 valence electrons. The van der Waals surface area contributed by atoms with Gasteiger partial charge in [0.1, 0.15) is 12.4 Å². The van der Waals surface area contributed by atoms with Crippen molar-refractivity contribution in [3.8, 4) is 23.9 Å². The molecule has 49 heavy (non-hydrogen) atoms. The molecule has 11 heteroatoms. The number of fused-ring (bicyclic) bond motifs is 2. The Bertz CT molecular complexity index is 1770. The number of rotatable bonds is 7. The van der Waals surface area contributed by atoms with E-state index in [1.807, 2.05) is 0 Å². The van der Waals surface area contributed by atoms with Gasteiger partial charge in [0.05, 0.1) is 50.5 Å². The monoisotopic (exact) mass is 662 g/mol. The molecule has 0 unspecified atom stereocenters. The standard InChI is InChI=1S/C38H46N8O3/c1-28-7-3-8-29-9-4-11-34(36(28)29)44-18-14-32-33(26-44)40-38(49-27-31-10-5-16-42(31)2)41-37(32)45-19-20-46(30(25-45)13-15-39)35(47)12-6-17-43-21-23-48-24-22-43/h3-4,7-9,11,30-31H,5,10,13-14,16-27H2,1-2H3/t30-,31-/m0/s1. The summed E-state index contributed by atoms with van der Waals surface area (Å²) in [4.78, 5) is 34.4. The van der Waals surface area contributed by atoms with Crippen LogP contribution in [0, 0.1) is 30.1 Å². The van der Waals surface area contributed by atoms with Gasteiger partial charge in [0.15, 0.2) is 0 Å². The Labute approximate surface area is 289 Å². The van der Waals surface area contributed by atoms with Crippen LogP contribution in [0.2, 0.25) is 0 Å². The first-order valence-corrected chi connectivity index (χ1v) is 17.7. The fourth-order valence-electron chi connectivity index (χ4n) is 7.70. The van der Waals surface area contributed by atoms with E-state index in [1.165, 1.54) is 28.4 Å². The summed E-state index contributed by atoms with van der Waals surface area (Å²) in [7, 11) is 2.15. The summed E-state index contributed by atoms with van der Waals surface area (Å²) < 4.78 is 11.8. The van der Waals surface area contributed by atoms with E-state index in [1.54, 1.807) is 4.90 Å². The van der Waals surface area contributed by atoms with Gasteiger partial charge < -0.3 is 29.1 Å². The average molecular weight is 663 g/mol. The minimum atomic E-state index is -0.287. The normalized spacial score (nSPS) is 21.6. The van der Waals surface area contributed by atoms with Crippen molar-refractivity contribution in [1.29, 1.82) is 5.26 Å². The number of likely N-dealkylation sites (N-methyl/N-ethyl adjacent to an activating group) is 1. The second-order valence-electron chi connectivity index (χ2n) is 13.6. The zero-order valence-corrected chi connectivity index (χ0v) is 28.7. The van der Waals surface area contributed by atoms with Crippen molar-refractivity contribution < 1.29 is 14.3 Å². The number of piperazine rings is 1. The second kappa shape index (κ2) is 15.0. The number of morpholine rings is 1.